The lowest BCUT2D eigenvalue weighted by Crippen LogP contribution is -2.30. The number of halogens is 1. The van der Waals surface area contributed by atoms with Gasteiger partial charge >= 0.3 is 0 Å². The first-order valence-electron chi connectivity index (χ1n) is 6.78. The summed E-state index contributed by atoms with van der Waals surface area (Å²) in [4.78, 5) is 26.9. The normalized spacial score (nSPS) is 15.5. The maximum Gasteiger partial charge on any atom is 0.271 e. The summed E-state index contributed by atoms with van der Waals surface area (Å²) in [7, 11) is 0. The van der Waals surface area contributed by atoms with Gasteiger partial charge in [-0.15, -0.1) is 0 Å². The standard InChI is InChI=1S/C16H15BrN2O2/c1-10-3-2-4-11(7-10)16(5-6-16)15(21)19-13-8-12(17)9-18-14(13)20/h2-4,7-9H,5-6H2,1H3,(H,18,20)(H,19,21). The number of H-pyrrole nitrogens is 1. The molecule has 0 atom stereocenters. The van der Waals surface area contributed by atoms with Crippen molar-refractivity contribution < 1.29 is 4.79 Å². The minimum absolute atomic E-state index is 0.114. The van der Waals surface area contributed by atoms with Gasteiger partial charge in [0.2, 0.25) is 5.91 Å². The molecule has 0 saturated heterocycles. The van der Waals surface area contributed by atoms with E-state index in [-0.39, 0.29) is 17.2 Å². The van der Waals surface area contributed by atoms with Gasteiger partial charge in [0, 0.05) is 10.7 Å². The highest BCUT2D eigenvalue weighted by Gasteiger charge is 2.51. The lowest BCUT2D eigenvalue weighted by molar-refractivity contribution is -0.118. The predicted molar refractivity (Wildman–Crippen MR) is 85.5 cm³/mol. The van der Waals surface area contributed by atoms with Crippen LogP contribution in [0.1, 0.15) is 24.0 Å². The van der Waals surface area contributed by atoms with Gasteiger partial charge in [0.05, 0.1) is 5.41 Å². The summed E-state index contributed by atoms with van der Waals surface area (Å²) < 4.78 is 0.720. The average molecular weight is 347 g/mol. The number of aryl methyl sites for hydroxylation is 1. The van der Waals surface area contributed by atoms with E-state index in [2.05, 4.69) is 26.2 Å². The fourth-order valence-electron chi connectivity index (χ4n) is 2.51. The van der Waals surface area contributed by atoms with Gasteiger partial charge in [-0.2, -0.15) is 0 Å². The number of carbonyl (C=O) groups excluding carboxylic acids is 1. The van der Waals surface area contributed by atoms with Crippen LogP contribution in [-0.2, 0) is 10.2 Å². The summed E-state index contributed by atoms with van der Waals surface area (Å²) in [5.74, 6) is -0.114. The molecule has 1 fully saturated rings. The van der Waals surface area contributed by atoms with E-state index in [4.69, 9.17) is 0 Å². The van der Waals surface area contributed by atoms with Crippen LogP contribution in [0.15, 0.2) is 45.8 Å². The van der Waals surface area contributed by atoms with E-state index in [0.717, 1.165) is 28.4 Å². The van der Waals surface area contributed by atoms with Gasteiger partial charge in [-0.3, -0.25) is 9.59 Å². The Kier molecular flexibility index (Phi) is 3.45. The summed E-state index contributed by atoms with van der Waals surface area (Å²) in [5.41, 5.74) is 1.64. The Morgan fingerprint density at radius 3 is 2.76 bits per heavy atom. The van der Waals surface area contributed by atoms with Crippen LogP contribution in [0, 0.1) is 6.92 Å². The van der Waals surface area contributed by atoms with E-state index in [1.807, 2.05) is 31.2 Å². The zero-order valence-electron chi connectivity index (χ0n) is 11.6. The molecule has 0 unspecified atom stereocenters. The smallest absolute Gasteiger partial charge is 0.271 e. The number of carbonyl (C=O) groups is 1. The van der Waals surface area contributed by atoms with Crippen molar-refractivity contribution >= 4 is 27.5 Å². The molecule has 108 valence electrons. The molecule has 0 spiro atoms. The third kappa shape index (κ3) is 2.65. The second-order valence-corrected chi connectivity index (χ2v) is 6.38. The summed E-state index contributed by atoms with van der Waals surface area (Å²) in [5, 5.41) is 2.76. The summed E-state index contributed by atoms with van der Waals surface area (Å²) in [6.45, 7) is 2.01. The molecule has 1 aliphatic carbocycles. The van der Waals surface area contributed by atoms with Crippen LogP contribution in [-0.4, -0.2) is 10.9 Å². The Bertz CT molecular complexity index is 763. The van der Waals surface area contributed by atoms with E-state index in [1.54, 1.807) is 12.3 Å². The minimum atomic E-state index is -0.485. The molecule has 1 aliphatic rings. The van der Waals surface area contributed by atoms with Gasteiger partial charge in [0.15, 0.2) is 0 Å². The van der Waals surface area contributed by atoms with E-state index in [1.165, 1.54) is 0 Å². The molecular formula is C16H15BrN2O2. The van der Waals surface area contributed by atoms with E-state index >= 15 is 0 Å². The van der Waals surface area contributed by atoms with Crippen molar-refractivity contribution in [3.63, 3.8) is 0 Å². The molecule has 1 heterocycles. The Hall–Kier alpha value is -1.88. The number of nitrogens with one attached hydrogen (secondary N) is 2. The highest BCUT2D eigenvalue weighted by molar-refractivity contribution is 9.10. The predicted octanol–water partition coefficient (Wildman–Crippen LogP) is 3.12. The number of benzene rings is 1. The SMILES string of the molecule is Cc1cccc(C2(C(=O)Nc3cc(Br)c[nH]c3=O)CC2)c1. The topological polar surface area (TPSA) is 62.0 Å². The largest absolute Gasteiger partial charge is 0.326 e. The highest BCUT2D eigenvalue weighted by Crippen LogP contribution is 2.49. The maximum atomic E-state index is 12.6. The van der Waals surface area contributed by atoms with Crippen molar-refractivity contribution in [1.29, 1.82) is 0 Å². The van der Waals surface area contributed by atoms with E-state index < -0.39 is 5.41 Å². The number of hydrogen-bond donors (Lipinski definition) is 2. The van der Waals surface area contributed by atoms with Crippen molar-refractivity contribution in [2.75, 3.05) is 5.32 Å². The average Bonchev–Trinajstić information content (AvgIpc) is 3.24. The molecule has 3 rings (SSSR count). The highest BCUT2D eigenvalue weighted by atomic mass is 79.9. The van der Waals surface area contributed by atoms with Crippen molar-refractivity contribution in [2.45, 2.75) is 25.2 Å². The Morgan fingerprint density at radius 1 is 1.33 bits per heavy atom. The van der Waals surface area contributed by atoms with Crippen molar-refractivity contribution in [3.8, 4) is 0 Å². The zero-order chi connectivity index (χ0) is 15.0. The number of hydrogen-bond acceptors (Lipinski definition) is 2. The molecule has 1 aromatic carbocycles. The summed E-state index contributed by atoms with van der Waals surface area (Å²) in [6, 6.07) is 9.60. The zero-order valence-corrected chi connectivity index (χ0v) is 13.2. The van der Waals surface area contributed by atoms with Crippen molar-refractivity contribution in [2.24, 2.45) is 0 Å². The van der Waals surface area contributed by atoms with Crippen LogP contribution in [0.2, 0.25) is 0 Å². The van der Waals surface area contributed by atoms with Crippen LogP contribution in [0.5, 0.6) is 0 Å². The molecule has 0 bridgehead atoms. The third-order valence-electron chi connectivity index (χ3n) is 3.87. The minimum Gasteiger partial charge on any atom is -0.326 e. The first kappa shape index (κ1) is 14.1. The quantitative estimate of drug-likeness (QED) is 0.896. The molecule has 1 amide bonds. The fourth-order valence-corrected chi connectivity index (χ4v) is 2.85. The third-order valence-corrected chi connectivity index (χ3v) is 4.33. The van der Waals surface area contributed by atoms with Crippen molar-refractivity contribution in [1.82, 2.24) is 4.98 Å². The number of aromatic amines is 1. The van der Waals surface area contributed by atoms with Crippen molar-refractivity contribution in [3.05, 3.63) is 62.5 Å². The van der Waals surface area contributed by atoms with E-state index in [9.17, 15) is 9.59 Å². The molecular weight excluding hydrogens is 332 g/mol. The second kappa shape index (κ2) is 5.15. The lowest BCUT2D eigenvalue weighted by Gasteiger charge is -2.16. The monoisotopic (exact) mass is 346 g/mol. The Morgan fingerprint density at radius 2 is 2.10 bits per heavy atom. The number of amides is 1. The molecule has 2 N–H and O–H groups in total. The van der Waals surface area contributed by atoms with Crippen LogP contribution < -0.4 is 10.9 Å². The van der Waals surface area contributed by atoms with Gasteiger partial charge in [-0.1, -0.05) is 29.8 Å². The number of aromatic nitrogens is 1. The Balaban J connectivity index is 1.89. The van der Waals surface area contributed by atoms with Crippen LogP contribution in [0.3, 0.4) is 0 Å². The fraction of sp³-hybridized carbons (Fsp3) is 0.250. The molecule has 21 heavy (non-hydrogen) atoms. The van der Waals surface area contributed by atoms with Crippen LogP contribution >= 0.6 is 15.9 Å². The van der Waals surface area contributed by atoms with Gasteiger partial charge in [0.1, 0.15) is 5.69 Å². The molecule has 2 aromatic rings. The Labute approximate surface area is 130 Å². The summed E-state index contributed by atoms with van der Waals surface area (Å²) >= 11 is 3.29. The molecule has 0 radical (unpaired) electrons. The van der Waals surface area contributed by atoms with E-state index in [0.29, 0.717) is 0 Å². The molecule has 0 aliphatic heterocycles. The van der Waals surface area contributed by atoms with Gasteiger partial charge < -0.3 is 10.3 Å². The second-order valence-electron chi connectivity index (χ2n) is 5.47. The molecule has 5 heteroatoms. The molecule has 1 aromatic heterocycles. The number of pyridine rings is 1. The van der Waals surface area contributed by atoms with Gasteiger partial charge in [-0.05, 0) is 47.3 Å². The first-order chi connectivity index (χ1) is 10.0. The number of rotatable bonds is 3. The maximum absolute atomic E-state index is 12.6. The number of anilines is 1. The lowest BCUT2D eigenvalue weighted by atomic mass is 9.93. The molecule has 4 nitrogen and oxygen atoms in total. The van der Waals surface area contributed by atoms with Crippen LogP contribution in [0.25, 0.3) is 0 Å². The first-order valence-corrected chi connectivity index (χ1v) is 7.57. The summed E-state index contributed by atoms with van der Waals surface area (Å²) in [6.07, 6.45) is 3.17. The van der Waals surface area contributed by atoms with Gasteiger partial charge in [0.25, 0.3) is 5.56 Å². The van der Waals surface area contributed by atoms with Gasteiger partial charge in [-0.25, -0.2) is 0 Å². The van der Waals surface area contributed by atoms with Crippen LogP contribution in [0.4, 0.5) is 5.69 Å². The molecule has 1 saturated carbocycles.